The Morgan fingerprint density at radius 2 is 2.00 bits per heavy atom. The smallest absolute Gasteiger partial charge is 0.354 e. The summed E-state index contributed by atoms with van der Waals surface area (Å²) in [6.07, 6.45) is 0. The summed E-state index contributed by atoms with van der Waals surface area (Å²) >= 11 is 11.9. The molecule has 0 aliphatic rings. The first-order chi connectivity index (χ1) is 8.97. The Labute approximate surface area is 120 Å². The molecule has 0 spiro atoms. The fourth-order valence-corrected chi connectivity index (χ4v) is 1.95. The Bertz CT molecular complexity index is 645. The number of rotatable bonds is 3. The zero-order valence-electron chi connectivity index (χ0n) is 9.95. The number of nitrogens with zero attached hydrogens (tertiary/aromatic N) is 1. The maximum Gasteiger partial charge on any atom is 0.354 e. The maximum absolute atomic E-state index is 10.9. The fourth-order valence-electron chi connectivity index (χ4n) is 1.49. The van der Waals surface area contributed by atoms with Crippen molar-refractivity contribution in [2.24, 2.45) is 0 Å². The number of aromatic nitrogens is 1. The van der Waals surface area contributed by atoms with Gasteiger partial charge >= 0.3 is 5.97 Å². The average Bonchev–Trinajstić information content (AvgIpc) is 2.34. The lowest BCUT2D eigenvalue weighted by atomic mass is 10.2. The zero-order chi connectivity index (χ0) is 14.0. The molecule has 6 heteroatoms. The number of anilines is 2. The Kier molecular flexibility index (Phi) is 3.93. The van der Waals surface area contributed by atoms with Gasteiger partial charge in [0.15, 0.2) is 5.69 Å². The summed E-state index contributed by atoms with van der Waals surface area (Å²) in [4.78, 5) is 14.9. The number of pyridine rings is 1. The Morgan fingerprint density at radius 3 is 2.63 bits per heavy atom. The number of hydrogen-bond donors (Lipinski definition) is 2. The monoisotopic (exact) mass is 296 g/mol. The molecule has 0 aliphatic carbocycles. The van der Waals surface area contributed by atoms with E-state index >= 15 is 0 Å². The van der Waals surface area contributed by atoms with Crippen LogP contribution in [0.4, 0.5) is 11.5 Å². The number of hydrogen-bond acceptors (Lipinski definition) is 3. The lowest BCUT2D eigenvalue weighted by molar-refractivity contribution is 0.0690. The standard InChI is InChI=1S/C13H10Cl2N2O2/c1-7-2-4-11(13(18)19)17-12(7)16-10-5-3-8(14)6-9(10)15/h2-6H,1H3,(H,16,17)(H,18,19). The van der Waals surface area contributed by atoms with Gasteiger partial charge in [0, 0.05) is 5.02 Å². The molecule has 4 nitrogen and oxygen atoms in total. The van der Waals surface area contributed by atoms with Crippen LogP contribution in [0.2, 0.25) is 10.0 Å². The summed E-state index contributed by atoms with van der Waals surface area (Å²) in [7, 11) is 0. The number of carboxylic acids is 1. The minimum Gasteiger partial charge on any atom is -0.477 e. The van der Waals surface area contributed by atoms with Crippen LogP contribution in [0.3, 0.4) is 0 Å². The van der Waals surface area contributed by atoms with Crippen molar-refractivity contribution in [3.05, 3.63) is 51.6 Å². The summed E-state index contributed by atoms with van der Waals surface area (Å²) in [5, 5.41) is 12.9. The van der Waals surface area contributed by atoms with Crippen molar-refractivity contribution in [2.45, 2.75) is 6.92 Å². The molecular weight excluding hydrogens is 287 g/mol. The highest BCUT2D eigenvalue weighted by atomic mass is 35.5. The Morgan fingerprint density at radius 1 is 1.26 bits per heavy atom. The minimum atomic E-state index is -1.08. The molecule has 0 amide bonds. The van der Waals surface area contributed by atoms with Gasteiger partial charge in [0.05, 0.1) is 10.7 Å². The lowest BCUT2D eigenvalue weighted by Gasteiger charge is -2.10. The Hall–Kier alpha value is -1.78. The molecule has 2 rings (SSSR count). The van der Waals surface area contributed by atoms with E-state index in [1.807, 2.05) is 6.92 Å². The predicted octanol–water partition coefficient (Wildman–Crippen LogP) is 4.14. The molecule has 1 aromatic carbocycles. The van der Waals surface area contributed by atoms with Crippen LogP contribution < -0.4 is 5.32 Å². The first kappa shape index (κ1) is 13.6. The van der Waals surface area contributed by atoms with Crippen LogP contribution in [0.5, 0.6) is 0 Å². The third kappa shape index (κ3) is 3.16. The molecule has 0 saturated heterocycles. The molecule has 0 unspecified atom stereocenters. The van der Waals surface area contributed by atoms with Gasteiger partial charge in [-0.05, 0) is 36.8 Å². The van der Waals surface area contributed by atoms with Gasteiger partial charge in [-0.3, -0.25) is 0 Å². The summed E-state index contributed by atoms with van der Waals surface area (Å²) in [5.74, 6) is -0.630. The van der Waals surface area contributed by atoms with E-state index in [1.54, 1.807) is 24.3 Å². The normalized spacial score (nSPS) is 10.3. The van der Waals surface area contributed by atoms with Crippen molar-refractivity contribution < 1.29 is 9.90 Å². The second kappa shape index (κ2) is 5.47. The van der Waals surface area contributed by atoms with Crippen molar-refractivity contribution in [3.63, 3.8) is 0 Å². The molecule has 19 heavy (non-hydrogen) atoms. The third-order valence-electron chi connectivity index (χ3n) is 2.50. The van der Waals surface area contributed by atoms with Crippen LogP contribution in [0.1, 0.15) is 16.1 Å². The van der Waals surface area contributed by atoms with Crippen LogP contribution in [-0.2, 0) is 0 Å². The van der Waals surface area contributed by atoms with Crippen LogP contribution in [0.15, 0.2) is 30.3 Å². The number of nitrogens with one attached hydrogen (secondary N) is 1. The van der Waals surface area contributed by atoms with Crippen molar-refractivity contribution in [1.82, 2.24) is 4.98 Å². The first-order valence-corrected chi connectivity index (χ1v) is 6.16. The summed E-state index contributed by atoms with van der Waals surface area (Å²) in [6, 6.07) is 8.13. The fraction of sp³-hybridized carbons (Fsp3) is 0.0769. The second-order valence-corrected chi connectivity index (χ2v) is 4.76. The number of carboxylic acid groups (broad SMARTS) is 1. The zero-order valence-corrected chi connectivity index (χ0v) is 11.5. The molecule has 0 saturated carbocycles. The summed E-state index contributed by atoms with van der Waals surface area (Å²) in [6.45, 7) is 1.82. The topological polar surface area (TPSA) is 62.2 Å². The van der Waals surface area contributed by atoms with Gasteiger partial charge in [-0.25, -0.2) is 9.78 Å². The first-order valence-electron chi connectivity index (χ1n) is 5.40. The van der Waals surface area contributed by atoms with Crippen molar-refractivity contribution >= 4 is 40.7 Å². The van der Waals surface area contributed by atoms with Crippen LogP contribution in [0, 0.1) is 6.92 Å². The lowest BCUT2D eigenvalue weighted by Crippen LogP contribution is -2.04. The van der Waals surface area contributed by atoms with Gasteiger partial charge in [-0.1, -0.05) is 29.3 Å². The van der Waals surface area contributed by atoms with Gasteiger partial charge in [-0.15, -0.1) is 0 Å². The summed E-state index contributed by atoms with van der Waals surface area (Å²) < 4.78 is 0. The predicted molar refractivity (Wildman–Crippen MR) is 75.7 cm³/mol. The third-order valence-corrected chi connectivity index (χ3v) is 3.05. The van der Waals surface area contributed by atoms with E-state index in [1.165, 1.54) is 6.07 Å². The van der Waals surface area contributed by atoms with E-state index in [-0.39, 0.29) is 5.69 Å². The molecule has 2 N–H and O–H groups in total. The van der Waals surface area contributed by atoms with Crippen LogP contribution >= 0.6 is 23.2 Å². The number of aromatic carboxylic acids is 1. The highest BCUT2D eigenvalue weighted by molar-refractivity contribution is 6.36. The number of aryl methyl sites for hydroxylation is 1. The molecule has 2 aromatic rings. The minimum absolute atomic E-state index is 0.0295. The molecule has 98 valence electrons. The molecule has 1 heterocycles. The number of halogens is 2. The van der Waals surface area contributed by atoms with E-state index in [9.17, 15) is 4.79 Å². The average molecular weight is 297 g/mol. The number of carbonyl (C=O) groups is 1. The SMILES string of the molecule is Cc1ccc(C(=O)O)nc1Nc1ccc(Cl)cc1Cl. The molecule has 0 aliphatic heterocycles. The molecule has 0 fully saturated rings. The quantitative estimate of drug-likeness (QED) is 0.893. The molecule has 1 aromatic heterocycles. The van der Waals surface area contributed by atoms with Gasteiger partial charge in [0.25, 0.3) is 0 Å². The molecule has 0 bridgehead atoms. The van der Waals surface area contributed by atoms with Gasteiger partial charge in [0.2, 0.25) is 0 Å². The van der Waals surface area contributed by atoms with Crippen LogP contribution in [-0.4, -0.2) is 16.1 Å². The van der Waals surface area contributed by atoms with E-state index < -0.39 is 5.97 Å². The molecule has 0 atom stereocenters. The second-order valence-electron chi connectivity index (χ2n) is 3.92. The highest BCUT2D eigenvalue weighted by Crippen LogP contribution is 2.28. The van der Waals surface area contributed by atoms with Gasteiger partial charge in [-0.2, -0.15) is 0 Å². The van der Waals surface area contributed by atoms with E-state index in [2.05, 4.69) is 10.3 Å². The van der Waals surface area contributed by atoms with Crippen LogP contribution in [0.25, 0.3) is 0 Å². The van der Waals surface area contributed by atoms with Crippen molar-refractivity contribution in [1.29, 1.82) is 0 Å². The molecular formula is C13H10Cl2N2O2. The largest absolute Gasteiger partial charge is 0.477 e. The molecule has 0 radical (unpaired) electrons. The Balaban J connectivity index is 2.37. The van der Waals surface area contributed by atoms with Gasteiger partial charge in [0.1, 0.15) is 5.82 Å². The van der Waals surface area contributed by atoms with Crippen molar-refractivity contribution in [2.75, 3.05) is 5.32 Å². The van der Waals surface area contributed by atoms with E-state index in [0.29, 0.717) is 21.6 Å². The van der Waals surface area contributed by atoms with E-state index in [0.717, 1.165) is 5.56 Å². The van der Waals surface area contributed by atoms with Gasteiger partial charge < -0.3 is 10.4 Å². The summed E-state index contributed by atoms with van der Waals surface area (Å²) in [5.41, 5.74) is 1.40. The van der Waals surface area contributed by atoms with E-state index in [4.69, 9.17) is 28.3 Å². The van der Waals surface area contributed by atoms with Crippen molar-refractivity contribution in [3.8, 4) is 0 Å². The highest BCUT2D eigenvalue weighted by Gasteiger charge is 2.09. The number of benzene rings is 1. The maximum atomic E-state index is 10.9.